The van der Waals surface area contributed by atoms with Crippen LogP contribution in [-0.2, 0) is 10.8 Å². The molecular weight excluding hydrogens is 633 g/mol. The van der Waals surface area contributed by atoms with E-state index >= 15 is 0 Å². The molecule has 0 aliphatic heterocycles. The van der Waals surface area contributed by atoms with Gasteiger partial charge in [-0.1, -0.05) is 87.1 Å². The number of benzene rings is 2. The highest BCUT2D eigenvalue weighted by molar-refractivity contribution is 7.29. The maximum absolute atomic E-state index is 13.5. The summed E-state index contributed by atoms with van der Waals surface area (Å²) in [4.78, 5) is 56.3. The van der Waals surface area contributed by atoms with Crippen LogP contribution in [0.1, 0.15) is 127 Å². The van der Waals surface area contributed by atoms with Crippen LogP contribution in [-0.4, -0.2) is 23.1 Å². The minimum absolute atomic E-state index is 0.161. The molecule has 0 unspecified atom stereocenters. The van der Waals surface area contributed by atoms with Crippen molar-refractivity contribution in [2.24, 2.45) is 0 Å². The third-order valence-electron chi connectivity index (χ3n) is 12.0. The van der Waals surface area contributed by atoms with E-state index in [1.54, 1.807) is 24.3 Å². The summed E-state index contributed by atoms with van der Waals surface area (Å²) in [5, 5.41) is 0. The van der Waals surface area contributed by atoms with E-state index in [1.165, 1.54) is 43.1 Å². The third-order valence-corrected chi connectivity index (χ3v) is 14.5. The molecule has 2 aromatic heterocycles. The van der Waals surface area contributed by atoms with Gasteiger partial charge in [-0.3, -0.25) is 19.2 Å². The molecule has 0 amide bonds. The molecular formula is C42H32O4S2. The van der Waals surface area contributed by atoms with Crippen molar-refractivity contribution in [1.29, 1.82) is 0 Å². The van der Waals surface area contributed by atoms with Crippen LogP contribution in [0.25, 0.3) is 21.6 Å². The second kappa shape index (κ2) is 10.1. The van der Waals surface area contributed by atoms with E-state index in [4.69, 9.17) is 0 Å². The van der Waals surface area contributed by atoms with Crippen molar-refractivity contribution >= 4 is 67.4 Å². The average Bonchev–Trinajstić information content (AvgIpc) is 3.90. The zero-order valence-corrected chi connectivity index (χ0v) is 28.1. The van der Waals surface area contributed by atoms with E-state index in [1.807, 2.05) is 59.1 Å². The number of thiophene rings is 2. The zero-order valence-electron chi connectivity index (χ0n) is 26.4. The number of carbonyl (C=O) groups is 4. The molecule has 0 N–H and O–H groups in total. The van der Waals surface area contributed by atoms with Crippen molar-refractivity contribution in [3.05, 3.63) is 126 Å². The van der Waals surface area contributed by atoms with Crippen molar-refractivity contribution < 1.29 is 19.2 Å². The van der Waals surface area contributed by atoms with Crippen LogP contribution in [0.3, 0.4) is 0 Å². The first-order chi connectivity index (χ1) is 23.4. The summed E-state index contributed by atoms with van der Waals surface area (Å²) in [6.07, 6.45) is 19.4. The molecule has 2 heterocycles. The van der Waals surface area contributed by atoms with Crippen LogP contribution in [0.2, 0.25) is 0 Å². The Bertz CT molecular complexity index is 2080. The SMILES string of the molecule is O=C1C(=CC2=Cc3sc4c5c(sc4c3C23CCCCC3)C=C(C=C2C(=O)c3ccccc3C2=O)C52CCCCC2)C(=O)c2ccccc21. The Labute approximate surface area is 286 Å². The van der Waals surface area contributed by atoms with Crippen LogP contribution in [0.4, 0.5) is 0 Å². The standard InChI is InChI=1S/C42H32O4S2/c43-35-25-11-3-4-12-26(25)36(44)29(35)19-23-21-31-33(41(23)15-7-1-8-16-41)39-40(47-31)34-32(48-39)22-24(42(34)17-9-2-10-18-42)20-30-37(45)27-13-5-6-14-28(27)38(30)46/h3-6,11-14,19-22H,1-2,7-10,15-18H2. The summed E-state index contributed by atoms with van der Waals surface area (Å²) >= 11 is 3.73. The Morgan fingerprint density at radius 1 is 0.479 bits per heavy atom. The Balaban J connectivity index is 1.11. The van der Waals surface area contributed by atoms with Gasteiger partial charge in [0.25, 0.3) is 0 Å². The van der Waals surface area contributed by atoms with Crippen LogP contribution in [0.5, 0.6) is 0 Å². The van der Waals surface area contributed by atoms with Crippen LogP contribution >= 0.6 is 22.7 Å². The summed E-state index contributed by atoms with van der Waals surface area (Å²) in [5.41, 5.74) is 7.29. The maximum atomic E-state index is 13.5. The number of hydrogen-bond donors (Lipinski definition) is 0. The number of rotatable bonds is 2. The molecule has 2 spiro atoms. The molecule has 6 aliphatic rings. The normalized spacial score (nSPS) is 21.6. The van der Waals surface area contributed by atoms with Gasteiger partial charge in [-0.2, -0.15) is 0 Å². The fraction of sp³-hybridized carbons (Fsp3) is 0.286. The summed E-state index contributed by atoms with van der Waals surface area (Å²) in [6.45, 7) is 0. The minimum Gasteiger partial charge on any atom is -0.288 e. The van der Waals surface area contributed by atoms with Crippen molar-refractivity contribution in [2.75, 3.05) is 0 Å². The minimum atomic E-state index is -0.199. The molecule has 6 heteroatoms. The van der Waals surface area contributed by atoms with E-state index in [9.17, 15) is 19.2 Å². The first kappa shape index (κ1) is 28.7. The van der Waals surface area contributed by atoms with Gasteiger partial charge in [-0.15, -0.1) is 22.7 Å². The Hall–Kier alpha value is -4.26. The molecule has 48 heavy (non-hydrogen) atoms. The second-order valence-corrected chi connectivity index (χ2v) is 16.5. The molecule has 0 bridgehead atoms. The highest BCUT2D eigenvalue weighted by Gasteiger charge is 2.50. The molecule has 6 aliphatic carbocycles. The first-order valence-corrected chi connectivity index (χ1v) is 18.9. The lowest BCUT2D eigenvalue weighted by molar-refractivity contribution is 0.0973. The monoisotopic (exact) mass is 664 g/mol. The zero-order chi connectivity index (χ0) is 32.4. The number of hydrogen-bond acceptors (Lipinski definition) is 6. The molecule has 0 atom stereocenters. The highest BCUT2D eigenvalue weighted by Crippen LogP contribution is 2.63. The molecule has 236 valence electrons. The van der Waals surface area contributed by atoms with Crippen molar-refractivity contribution in [2.45, 2.75) is 75.0 Å². The van der Waals surface area contributed by atoms with Crippen LogP contribution in [0, 0.1) is 0 Å². The van der Waals surface area contributed by atoms with Crippen LogP contribution in [0.15, 0.2) is 83.0 Å². The van der Waals surface area contributed by atoms with Gasteiger partial charge in [-0.05, 0) is 72.3 Å². The quantitative estimate of drug-likeness (QED) is 0.158. The largest absolute Gasteiger partial charge is 0.288 e. The first-order valence-electron chi connectivity index (χ1n) is 17.3. The predicted octanol–water partition coefficient (Wildman–Crippen LogP) is 10.2. The third kappa shape index (κ3) is 3.65. The van der Waals surface area contributed by atoms with E-state index in [2.05, 4.69) is 12.2 Å². The lowest BCUT2D eigenvalue weighted by atomic mass is 9.66. The Morgan fingerprint density at radius 2 is 0.812 bits per heavy atom. The van der Waals surface area contributed by atoms with E-state index in [0.717, 1.165) is 62.5 Å². The summed E-state index contributed by atoms with van der Waals surface area (Å²) in [6, 6.07) is 14.4. The number of Topliss-reactive ketones (excluding diaryl/α,β-unsaturated/α-hetero) is 4. The Kier molecular flexibility index (Phi) is 6.06. The highest BCUT2D eigenvalue weighted by atomic mass is 32.1. The van der Waals surface area contributed by atoms with E-state index < -0.39 is 0 Å². The van der Waals surface area contributed by atoms with Crippen molar-refractivity contribution in [3.63, 3.8) is 0 Å². The van der Waals surface area contributed by atoms with Gasteiger partial charge in [0, 0.05) is 42.8 Å². The topological polar surface area (TPSA) is 68.3 Å². The average molecular weight is 665 g/mol. The number of carbonyl (C=O) groups excluding carboxylic acids is 4. The van der Waals surface area contributed by atoms with Crippen molar-refractivity contribution in [3.8, 4) is 0 Å². The molecule has 2 aromatic carbocycles. The van der Waals surface area contributed by atoms with Gasteiger partial charge < -0.3 is 0 Å². The van der Waals surface area contributed by atoms with E-state index in [0.29, 0.717) is 33.4 Å². The van der Waals surface area contributed by atoms with Gasteiger partial charge in [0.2, 0.25) is 0 Å². The van der Waals surface area contributed by atoms with Gasteiger partial charge >= 0.3 is 0 Å². The second-order valence-electron chi connectivity index (χ2n) is 14.3. The smallest absolute Gasteiger partial charge is 0.197 e. The fourth-order valence-corrected chi connectivity index (χ4v) is 13.0. The van der Waals surface area contributed by atoms with Crippen LogP contribution < -0.4 is 0 Å². The van der Waals surface area contributed by atoms with E-state index in [-0.39, 0.29) is 34.0 Å². The molecule has 4 aromatic rings. The number of allylic oxidation sites excluding steroid dienone is 6. The molecule has 2 fully saturated rings. The van der Waals surface area contributed by atoms with Gasteiger partial charge in [-0.25, -0.2) is 0 Å². The molecule has 10 rings (SSSR count). The molecule has 0 saturated heterocycles. The number of ketones is 4. The molecule has 2 saturated carbocycles. The fourth-order valence-electron chi connectivity index (χ4n) is 9.79. The summed E-state index contributed by atoms with van der Waals surface area (Å²) < 4.78 is 2.71. The van der Waals surface area contributed by atoms with Gasteiger partial charge in [0.15, 0.2) is 23.1 Å². The van der Waals surface area contributed by atoms with Gasteiger partial charge in [0.05, 0.1) is 20.5 Å². The van der Waals surface area contributed by atoms with Crippen molar-refractivity contribution in [1.82, 2.24) is 0 Å². The van der Waals surface area contributed by atoms with Gasteiger partial charge in [0.1, 0.15) is 0 Å². The Morgan fingerprint density at radius 3 is 1.15 bits per heavy atom. The number of fused-ring (bicyclic) bond motifs is 9. The lowest BCUT2D eigenvalue weighted by Crippen LogP contribution is -2.29. The predicted molar refractivity (Wildman–Crippen MR) is 192 cm³/mol. The molecule has 0 radical (unpaired) electrons. The maximum Gasteiger partial charge on any atom is 0.197 e. The summed E-state index contributed by atoms with van der Waals surface area (Å²) in [5.74, 6) is -0.643. The lowest BCUT2D eigenvalue weighted by Gasteiger charge is -2.37. The summed E-state index contributed by atoms with van der Waals surface area (Å²) in [7, 11) is 0. The molecule has 4 nitrogen and oxygen atoms in total.